The van der Waals surface area contributed by atoms with E-state index in [9.17, 15) is 9.59 Å². The molecule has 0 saturated carbocycles. The lowest BCUT2D eigenvalue weighted by Gasteiger charge is -2.21. The number of carbonyl (C=O) groups is 2. The molecule has 2 N–H and O–H groups in total. The third-order valence-electron chi connectivity index (χ3n) is 5.80. The van der Waals surface area contributed by atoms with E-state index >= 15 is 0 Å². The minimum Gasteiger partial charge on any atom is -0.489 e. The average molecular weight is 474 g/mol. The van der Waals surface area contributed by atoms with Gasteiger partial charge in [0, 0.05) is 30.1 Å². The number of hydrogen-bond donors (Lipinski definition) is 2. The summed E-state index contributed by atoms with van der Waals surface area (Å²) in [5.41, 5.74) is 2.70. The van der Waals surface area contributed by atoms with Gasteiger partial charge in [-0.1, -0.05) is 36.4 Å². The second-order valence-electron chi connectivity index (χ2n) is 8.31. The van der Waals surface area contributed by atoms with Gasteiger partial charge in [-0.25, -0.2) is 0 Å². The molecular formula is C28H31N3O4. The highest BCUT2D eigenvalue weighted by molar-refractivity contribution is 6.06. The Morgan fingerprint density at radius 2 is 1.83 bits per heavy atom. The number of carbonyl (C=O) groups excluding carboxylic acids is 2. The van der Waals surface area contributed by atoms with Gasteiger partial charge in [-0.05, 0) is 62.2 Å². The summed E-state index contributed by atoms with van der Waals surface area (Å²) in [5, 5.41) is 6.01. The van der Waals surface area contributed by atoms with Crippen LogP contribution in [0, 0.1) is 0 Å². The molecule has 0 radical (unpaired) electrons. The van der Waals surface area contributed by atoms with Crippen molar-refractivity contribution in [2.75, 3.05) is 41.8 Å². The lowest BCUT2D eigenvalue weighted by atomic mass is 10.1. The fourth-order valence-corrected chi connectivity index (χ4v) is 4.00. The molecule has 1 aliphatic heterocycles. The first kappa shape index (κ1) is 24.3. The van der Waals surface area contributed by atoms with E-state index in [0.717, 1.165) is 25.1 Å². The number of para-hydroxylation sites is 3. The van der Waals surface area contributed by atoms with Gasteiger partial charge in [0.05, 0.1) is 18.3 Å². The second-order valence-corrected chi connectivity index (χ2v) is 8.31. The van der Waals surface area contributed by atoms with E-state index in [1.165, 1.54) is 0 Å². The lowest BCUT2D eigenvalue weighted by Crippen LogP contribution is -2.30. The largest absolute Gasteiger partial charge is 0.489 e. The molecule has 7 nitrogen and oxygen atoms in total. The molecule has 1 saturated heterocycles. The maximum absolute atomic E-state index is 13.1. The molecule has 0 aliphatic carbocycles. The highest BCUT2D eigenvalue weighted by atomic mass is 16.5. The van der Waals surface area contributed by atoms with Crippen molar-refractivity contribution in [3.63, 3.8) is 0 Å². The third kappa shape index (κ3) is 6.61. The highest BCUT2D eigenvalue weighted by Crippen LogP contribution is 2.25. The Bertz CT molecular complexity index is 1130. The Labute approximate surface area is 206 Å². The molecule has 1 unspecified atom stereocenters. The summed E-state index contributed by atoms with van der Waals surface area (Å²) in [6.45, 7) is 3.78. The summed E-state index contributed by atoms with van der Waals surface area (Å²) >= 11 is 0. The quantitative estimate of drug-likeness (QED) is 0.435. The van der Waals surface area contributed by atoms with Gasteiger partial charge in [0.1, 0.15) is 12.4 Å². The van der Waals surface area contributed by atoms with E-state index < -0.39 is 0 Å². The molecule has 35 heavy (non-hydrogen) atoms. The Morgan fingerprint density at radius 1 is 1.03 bits per heavy atom. The first-order valence-electron chi connectivity index (χ1n) is 12.0. The smallest absolute Gasteiger partial charge is 0.258 e. The summed E-state index contributed by atoms with van der Waals surface area (Å²) in [6.07, 6.45) is 2.13. The fraction of sp³-hybridized carbons (Fsp3) is 0.286. The minimum absolute atomic E-state index is 0.0495. The number of hydrogen-bond acceptors (Lipinski definition) is 5. The SMILES string of the molecule is CCN(C(=O)c1cccc(NCC(=O)Nc2ccccc2OCC2CCCO2)c1)c1ccccc1. The second kappa shape index (κ2) is 12.0. The normalized spacial score (nSPS) is 14.8. The number of anilines is 3. The molecule has 7 heteroatoms. The molecule has 1 atom stereocenters. The van der Waals surface area contributed by atoms with Crippen LogP contribution in [-0.4, -0.2) is 44.2 Å². The maximum atomic E-state index is 13.1. The molecule has 0 aromatic heterocycles. The van der Waals surface area contributed by atoms with Crippen LogP contribution in [0.2, 0.25) is 0 Å². The van der Waals surface area contributed by atoms with Crippen molar-refractivity contribution >= 4 is 28.9 Å². The van der Waals surface area contributed by atoms with E-state index in [1.54, 1.807) is 23.1 Å². The van der Waals surface area contributed by atoms with Crippen LogP contribution in [0.3, 0.4) is 0 Å². The molecule has 3 aromatic rings. The van der Waals surface area contributed by atoms with E-state index in [-0.39, 0.29) is 24.5 Å². The zero-order valence-corrected chi connectivity index (χ0v) is 19.9. The summed E-state index contributed by atoms with van der Waals surface area (Å²) < 4.78 is 11.5. The van der Waals surface area contributed by atoms with Gasteiger partial charge >= 0.3 is 0 Å². The van der Waals surface area contributed by atoms with Gasteiger partial charge in [0.25, 0.3) is 5.91 Å². The Balaban J connectivity index is 1.34. The van der Waals surface area contributed by atoms with Crippen molar-refractivity contribution in [1.29, 1.82) is 0 Å². The molecule has 0 spiro atoms. The van der Waals surface area contributed by atoms with Crippen molar-refractivity contribution in [2.24, 2.45) is 0 Å². The molecule has 2 amide bonds. The number of benzene rings is 3. The molecular weight excluding hydrogens is 442 g/mol. The van der Waals surface area contributed by atoms with Gasteiger partial charge in [0.2, 0.25) is 5.91 Å². The van der Waals surface area contributed by atoms with Gasteiger partial charge < -0.3 is 25.0 Å². The van der Waals surface area contributed by atoms with Crippen LogP contribution >= 0.6 is 0 Å². The first-order chi connectivity index (χ1) is 17.1. The van der Waals surface area contributed by atoms with Crippen LogP contribution in [-0.2, 0) is 9.53 Å². The van der Waals surface area contributed by atoms with Gasteiger partial charge in [-0.2, -0.15) is 0 Å². The zero-order chi connectivity index (χ0) is 24.5. The monoisotopic (exact) mass is 473 g/mol. The summed E-state index contributed by atoms with van der Waals surface area (Å²) in [7, 11) is 0. The number of amides is 2. The molecule has 4 rings (SSSR count). The van der Waals surface area contributed by atoms with Crippen molar-refractivity contribution in [2.45, 2.75) is 25.9 Å². The van der Waals surface area contributed by atoms with Crippen molar-refractivity contribution in [3.8, 4) is 5.75 Å². The Hall–Kier alpha value is -3.84. The van der Waals surface area contributed by atoms with Crippen LogP contribution in [0.1, 0.15) is 30.1 Å². The zero-order valence-electron chi connectivity index (χ0n) is 19.9. The van der Waals surface area contributed by atoms with Crippen molar-refractivity contribution in [1.82, 2.24) is 0 Å². The standard InChI is InChI=1S/C28H31N3O4/c1-2-31(23-12-4-3-5-13-23)28(33)21-10-8-11-22(18-21)29-19-27(32)30-25-15-6-7-16-26(25)35-20-24-14-9-17-34-24/h3-8,10-13,15-16,18,24,29H,2,9,14,17,19-20H2,1H3,(H,30,32). The molecule has 3 aromatic carbocycles. The number of rotatable bonds is 10. The van der Waals surface area contributed by atoms with Gasteiger partial charge in [0.15, 0.2) is 0 Å². The Kier molecular flexibility index (Phi) is 8.35. The predicted octanol–water partition coefficient (Wildman–Crippen LogP) is 4.96. The topological polar surface area (TPSA) is 79.9 Å². The van der Waals surface area contributed by atoms with Crippen LogP contribution in [0.25, 0.3) is 0 Å². The van der Waals surface area contributed by atoms with E-state index in [4.69, 9.17) is 9.47 Å². The van der Waals surface area contributed by atoms with Crippen LogP contribution in [0.5, 0.6) is 5.75 Å². The Morgan fingerprint density at radius 3 is 2.60 bits per heavy atom. The number of nitrogens with zero attached hydrogens (tertiary/aromatic N) is 1. The van der Waals surface area contributed by atoms with Gasteiger partial charge in [-0.15, -0.1) is 0 Å². The summed E-state index contributed by atoms with van der Waals surface area (Å²) in [5.74, 6) is 0.308. The predicted molar refractivity (Wildman–Crippen MR) is 138 cm³/mol. The fourth-order valence-electron chi connectivity index (χ4n) is 4.00. The maximum Gasteiger partial charge on any atom is 0.258 e. The molecule has 1 aliphatic rings. The summed E-state index contributed by atoms with van der Waals surface area (Å²) in [4.78, 5) is 27.4. The number of nitrogens with one attached hydrogen (secondary N) is 2. The average Bonchev–Trinajstić information content (AvgIpc) is 3.42. The minimum atomic E-state index is -0.214. The molecule has 182 valence electrons. The number of ether oxygens (including phenoxy) is 2. The van der Waals surface area contributed by atoms with Crippen LogP contribution < -0.4 is 20.3 Å². The first-order valence-corrected chi connectivity index (χ1v) is 12.0. The third-order valence-corrected chi connectivity index (χ3v) is 5.80. The molecule has 0 bridgehead atoms. The van der Waals surface area contributed by atoms with Gasteiger partial charge in [-0.3, -0.25) is 9.59 Å². The van der Waals surface area contributed by atoms with E-state index in [1.807, 2.05) is 67.6 Å². The van der Waals surface area contributed by atoms with Crippen LogP contribution in [0.4, 0.5) is 17.1 Å². The lowest BCUT2D eigenvalue weighted by molar-refractivity contribution is -0.114. The highest BCUT2D eigenvalue weighted by Gasteiger charge is 2.18. The molecule has 1 fully saturated rings. The van der Waals surface area contributed by atoms with Crippen molar-refractivity contribution in [3.05, 3.63) is 84.4 Å². The van der Waals surface area contributed by atoms with E-state index in [0.29, 0.717) is 35.8 Å². The van der Waals surface area contributed by atoms with Crippen LogP contribution in [0.15, 0.2) is 78.9 Å². The van der Waals surface area contributed by atoms with E-state index in [2.05, 4.69) is 10.6 Å². The van der Waals surface area contributed by atoms with Crippen molar-refractivity contribution < 1.29 is 19.1 Å². The molecule has 1 heterocycles. The summed E-state index contributed by atoms with van der Waals surface area (Å²) in [6, 6.07) is 24.1.